The lowest BCUT2D eigenvalue weighted by Crippen LogP contribution is -2.41. The molecule has 176 valence electrons. The van der Waals surface area contributed by atoms with Crippen molar-refractivity contribution in [3.63, 3.8) is 0 Å². The van der Waals surface area contributed by atoms with Gasteiger partial charge in [-0.05, 0) is 51.7 Å². The van der Waals surface area contributed by atoms with Crippen molar-refractivity contribution in [1.29, 1.82) is 0 Å². The molecule has 8 nitrogen and oxygen atoms in total. The van der Waals surface area contributed by atoms with Gasteiger partial charge in [0.15, 0.2) is 0 Å². The van der Waals surface area contributed by atoms with E-state index in [-0.39, 0.29) is 6.42 Å². The number of nitrogens with zero attached hydrogens (tertiary/aromatic N) is 2. The van der Waals surface area contributed by atoms with Crippen molar-refractivity contribution in [2.45, 2.75) is 70.9 Å². The van der Waals surface area contributed by atoms with Crippen LogP contribution in [0.15, 0.2) is 18.2 Å². The topological polar surface area (TPSA) is 85.4 Å². The van der Waals surface area contributed by atoms with Crippen molar-refractivity contribution in [3.05, 3.63) is 18.2 Å². The molecule has 0 radical (unpaired) electrons. The molecule has 3 rings (SSSR count). The first-order valence-corrected chi connectivity index (χ1v) is 11.2. The summed E-state index contributed by atoms with van der Waals surface area (Å²) in [7, 11) is 2.99. The maximum absolute atomic E-state index is 13.5. The number of hydrogen-bond donors (Lipinski definition) is 0. The Morgan fingerprint density at radius 1 is 1.06 bits per heavy atom. The lowest BCUT2D eigenvalue weighted by atomic mass is 9.88. The Hall–Kier alpha value is -2.77. The molecule has 32 heavy (non-hydrogen) atoms. The predicted octanol–water partition coefficient (Wildman–Crippen LogP) is 4.15. The number of hydrogen-bond acceptors (Lipinski definition) is 6. The summed E-state index contributed by atoms with van der Waals surface area (Å²) in [6.07, 6.45) is 5.27. The van der Waals surface area contributed by atoms with Crippen LogP contribution < -0.4 is 14.4 Å². The Morgan fingerprint density at radius 3 is 2.34 bits per heavy atom. The molecular formula is C24H34N2O6. The summed E-state index contributed by atoms with van der Waals surface area (Å²) in [5.74, 6) is 0.229. The second-order valence-electron chi connectivity index (χ2n) is 9.46. The van der Waals surface area contributed by atoms with E-state index in [1.807, 2.05) is 0 Å². The van der Waals surface area contributed by atoms with Crippen LogP contribution in [0.5, 0.6) is 11.5 Å². The third-order valence-electron chi connectivity index (χ3n) is 5.91. The monoisotopic (exact) mass is 446 g/mol. The van der Waals surface area contributed by atoms with Gasteiger partial charge in [-0.25, -0.2) is 9.69 Å². The number of carbonyl (C=O) groups excluding carboxylic acids is 3. The smallest absolute Gasteiger partial charge is 0.332 e. The standard InChI is InChI=1S/C24H34N2O6/c1-24(2,3)32-21(27)14-19-22(28)26(18-13-17(30-4)11-12-20(18)31-5)23(29)25(19)15-16-9-7-6-8-10-16/h11-13,16,19H,6-10,14-15H2,1-5H3/t19-/m0/s1. The molecule has 1 aliphatic carbocycles. The molecule has 0 aromatic heterocycles. The maximum Gasteiger partial charge on any atom is 0.332 e. The van der Waals surface area contributed by atoms with Gasteiger partial charge in [0.2, 0.25) is 0 Å². The number of imide groups is 1. The summed E-state index contributed by atoms with van der Waals surface area (Å²) in [4.78, 5) is 42.3. The van der Waals surface area contributed by atoms with E-state index in [2.05, 4.69) is 0 Å². The van der Waals surface area contributed by atoms with Crippen LogP contribution in [0.25, 0.3) is 0 Å². The number of amides is 3. The molecule has 8 heteroatoms. The Morgan fingerprint density at radius 2 is 1.75 bits per heavy atom. The molecule has 1 aliphatic heterocycles. The first-order chi connectivity index (χ1) is 15.1. The van der Waals surface area contributed by atoms with Gasteiger partial charge in [-0.15, -0.1) is 0 Å². The Labute approximate surface area is 189 Å². The van der Waals surface area contributed by atoms with Crippen LogP contribution in [0, 0.1) is 5.92 Å². The van der Waals surface area contributed by atoms with Crippen molar-refractivity contribution in [1.82, 2.24) is 4.90 Å². The fourth-order valence-electron chi connectivity index (χ4n) is 4.42. The normalized spacial score (nSPS) is 20.0. The molecule has 0 spiro atoms. The van der Waals surface area contributed by atoms with Gasteiger partial charge in [0.25, 0.3) is 5.91 Å². The van der Waals surface area contributed by atoms with Gasteiger partial charge in [0, 0.05) is 12.6 Å². The molecule has 1 heterocycles. The van der Waals surface area contributed by atoms with E-state index in [4.69, 9.17) is 14.2 Å². The van der Waals surface area contributed by atoms with Crippen LogP contribution in [0.2, 0.25) is 0 Å². The second-order valence-corrected chi connectivity index (χ2v) is 9.46. The minimum absolute atomic E-state index is 0.183. The first-order valence-electron chi connectivity index (χ1n) is 11.2. The van der Waals surface area contributed by atoms with E-state index >= 15 is 0 Å². The van der Waals surface area contributed by atoms with Crippen LogP contribution >= 0.6 is 0 Å². The molecule has 3 amide bonds. The van der Waals surface area contributed by atoms with E-state index in [1.165, 1.54) is 20.6 Å². The Kier molecular flexibility index (Phi) is 7.31. The number of benzene rings is 1. The number of carbonyl (C=O) groups is 3. The molecule has 0 bridgehead atoms. The highest BCUT2D eigenvalue weighted by Gasteiger charge is 2.48. The zero-order valence-corrected chi connectivity index (χ0v) is 19.7. The summed E-state index contributed by atoms with van der Waals surface area (Å²) in [5, 5.41) is 0. The fraction of sp³-hybridized carbons (Fsp3) is 0.625. The molecule has 1 aromatic rings. The second kappa shape index (κ2) is 9.79. The maximum atomic E-state index is 13.5. The average Bonchev–Trinajstić information content (AvgIpc) is 2.96. The van der Waals surface area contributed by atoms with Gasteiger partial charge in [0.1, 0.15) is 23.1 Å². The SMILES string of the molecule is COc1ccc(OC)c(N2C(=O)[C@H](CC(=O)OC(C)(C)C)N(CC3CCCCC3)C2=O)c1. The summed E-state index contributed by atoms with van der Waals surface area (Å²) < 4.78 is 16.1. The molecule has 1 saturated heterocycles. The van der Waals surface area contributed by atoms with Gasteiger partial charge in [-0.1, -0.05) is 19.3 Å². The molecule has 0 unspecified atom stereocenters. The van der Waals surface area contributed by atoms with Crippen LogP contribution in [0.4, 0.5) is 10.5 Å². The van der Waals surface area contributed by atoms with Crippen molar-refractivity contribution in [3.8, 4) is 11.5 Å². The van der Waals surface area contributed by atoms with E-state index in [0.717, 1.165) is 30.6 Å². The number of urea groups is 1. The molecule has 0 N–H and O–H groups in total. The van der Waals surface area contributed by atoms with Crippen LogP contribution in [0.1, 0.15) is 59.3 Å². The zero-order chi connectivity index (χ0) is 23.5. The number of esters is 1. The summed E-state index contributed by atoms with van der Waals surface area (Å²) in [6.45, 7) is 5.78. The van der Waals surface area contributed by atoms with E-state index in [0.29, 0.717) is 29.6 Å². The minimum Gasteiger partial charge on any atom is -0.497 e. The third kappa shape index (κ3) is 5.34. The molecule has 2 aliphatic rings. The van der Waals surface area contributed by atoms with Crippen molar-refractivity contribution in [2.75, 3.05) is 25.7 Å². The number of ether oxygens (including phenoxy) is 3. The molecule has 2 fully saturated rings. The number of anilines is 1. The molecule has 1 aromatic carbocycles. The van der Waals surface area contributed by atoms with Crippen molar-refractivity contribution >= 4 is 23.6 Å². The van der Waals surface area contributed by atoms with Gasteiger partial charge in [-0.2, -0.15) is 0 Å². The Balaban J connectivity index is 1.93. The summed E-state index contributed by atoms with van der Waals surface area (Å²) in [6, 6.07) is 3.60. The number of methoxy groups -OCH3 is 2. The van der Waals surface area contributed by atoms with Crippen LogP contribution in [-0.2, 0) is 14.3 Å². The third-order valence-corrected chi connectivity index (χ3v) is 5.91. The highest BCUT2D eigenvalue weighted by Crippen LogP contribution is 2.38. The average molecular weight is 447 g/mol. The van der Waals surface area contributed by atoms with Crippen LogP contribution in [-0.4, -0.2) is 55.2 Å². The fourth-order valence-corrected chi connectivity index (χ4v) is 4.42. The molecule has 1 atom stereocenters. The highest BCUT2D eigenvalue weighted by molar-refractivity contribution is 6.22. The predicted molar refractivity (Wildman–Crippen MR) is 120 cm³/mol. The molecular weight excluding hydrogens is 412 g/mol. The van der Waals surface area contributed by atoms with Gasteiger partial charge in [0.05, 0.1) is 26.3 Å². The largest absolute Gasteiger partial charge is 0.497 e. The lowest BCUT2D eigenvalue weighted by molar-refractivity contribution is -0.156. The van der Waals surface area contributed by atoms with Crippen molar-refractivity contribution < 1.29 is 28.6 Å². The van der Waals surface area contributed by atoms with E-state index in [1.54, 1.807) is 43.9 Å². The van der Waals surface area contributed by atoms with Gasteiger partial charge in [-0.3, -0.25) is 9.59 Å². The van der Waals surface area contributed by atoms with Crippen LogP contribution in [0.3, 0.4) is 0 Å². The van der Waals surface area contributed by atoms with E-state index in [9.17, 15) is 14.4 Å². The molecule has 1 saturated carbocycles. The summed E-state index contributed by atoms with van der Waals surface area (Å²) in [5.41, 5.74) is -0.366. The lowest BCUT2D eigenvalue weighted by Gasteiger charge is -2.29. The highest BCUT2D eigenvalue weighted by atomic mass is 16.6. The quantitative estimate of drug-likeness (QED) is 0.462. The van der Waals surface area contributed by atoms with E-state index < -0.39 is 29.6 Å². The van der Waals surface area contributed by atoms with Crippen molar-refractivity contribution in [2.24, 2.45) is 5.92 Å². The Bertz CT molecular complexity index is 857. The zero-order valence-electron chi connectivity index (χ0n) is 19.7. The minimum atomic E-state index is -0.907. The van der Waals surface area contributed by atoms with Gasteiger partial charge < -0.3 is 19.1 Å². The first kappa shape index (κ1) is 23.9. The van der Waals surface area contributed by atoms with Gasteiger partial charge >= 0.3 is 12.0 Å². The number of rotatable bonds is 7. The summed E-state index contributed by atoms with van der Waals surface area (Å²) >= 11 is 0.